The van der Waals surface area contributed by atoms with Crippen LogP contribution in [0.4, 0.5) is 21.5 Å². The lowest BCUT2D eigenvalue weighted by atomic mass is 10.1. The van der Waals surface area contributed by atoms with Crippen molar-refractivity contribution in [1.29, 1.82) is 0 Å². The van der Waals surface area contributed by atoms with Crippen molar-refractivity contribution in [3.63, 3.8) is 0 Å². The summed E-state index contributed by atoms with van der Waals surface area (Å²) in [5.41, 5.74) is 1.98. The summed E-state index contributed by atoms with van der Waals surface area (Å²) in [5, 5.41) is 5.58. The zero-order valence-corrected chi connectivity index (χ0v) is 15.5. The first-order valence-corrected chi connectivity index (χ1v) is 8.51. The second-order valence-corrected chi connectivity index (χ2v) is 6.11. The van der Waals surface area contributed by atoms with Gasteiger partial charge in [-0.3, -0.25) is 9.78 Å². The van der Waals surface area contributed by atoms with Crippen molar-refractivity contribution in [3.8, 4) is 0 Å². The van der Waals surface area contributed by atoms with E-state index in [1.54, 1.807) is 30.3 Å². The van der Waals surface area contributed by atoms with Crippen LogP contribution in [-0.4, -0.2) is 24.0 Å². The van der Waals surface area contributed by atoms with Crippen LogP contribution in [0.5, 0.6) is 0 Å². The van der Waals surface area contributed by atoms with Crippen molar-refractivity contribution in [2.75, 3.05) is 17.7 Å². The van der Waals surface area contributed by atoms with Crippen molar-refractivity contribution < 1.29 is 18.7 Å². The zero-order chi connectivity index (χ0) is 20.1. The normalized spacial score (nSPS) is 10.2. The molecule has 1 heterocycles. The van der Waals surface area contributed by atoms with E-state index in [4.69, 9.17) is 16.3 Å². The zero-order valence-electron chi connectivity index (χ0n) is 14.7. The molecule has 0 saturated heterocycles. The number of benzene rings is 2. The van der Waals surface area contributed by atoms with Crippen LogP contribution in [0.15, 0.2) is 60.9 Å². The fourth-order valence-electron chi connectivity index (χ4n) is 2.45. The highest BCUT2D eigenvalue weighted by Gasteiger charge is 2.13. The number of anilines is 3. The molecule has 0 aliphatic heterocycles. The molecular weight excluding hydrogens is 385 g/mol. The fraction of sp³-hybridized carbons (Fsp3) is 0.0500. The molecule has 142 valence electrons. The first kappa shape index (κ1) is 19.3. The predicted molar refractivity (Wildman–Crippen MR) is 105 cm³/mol. The number of amides is 1. The molecule has 0 bridgehead atoms. The Morgan fingerprint density at radius 3 is 2.61 bits per heavy atom. The number of ether oxygens (including phenoxy) is 1. The smallest absolute Gasteiger partial charge is 0.339 e. The average Bonchev–Trinajstić information content (AvgIpc) is 2.71. The second-order valence-electron chi connectivity index (χ2n) is 5.71. The van der Waals surface area contributed by atoms with E-state index in [2.05, 4.69) is 15.6 Å². The summed E-state index contributed by atoms with van der Waals surface area (Å²) in [6.07, 6.45) is 2.90. The molecule has 0 aliphatic rings. The number of nitrogens with one attached hydrogen (secondary N) is 2. The first-order valence-electron chi connectivity index (χ1n) is 8.14. The van der Waals surface area contributed by atoms with Crippen LogP contribution in [0.2, 0.25) is 5.02 Å². The molecule has 8 heteroatoms. The quantitative estimate of drug-likeness (QED) is 0.610. The topological polar surface area (TPSA) is 80.3 Å². The lowest BCUT2D eigenvalue weighted by Crippen LogP contribution is -2.13. The summed E-state index contributed by atoms with van der Waals surface area (Å²) in [5.74, 6) is -1.50. The number of hydrogen-bond donors (Lipinski definition) is 2. The van der Waals surface area contributed by atoms with Crippen LogP contribution < -0.4 is 10.6 Å². The standard InChI is InChI=1S/C20H15ClFN3O3/c1-28-20(27)15-4-2-3-5-18(15)24-14-8-12(10-23-11-14)19(26)25-13-6-7-17(22)16(21)9-13/h2-11,24H,1H3,(H,25,26). The summed E-state index contributed by atoms with van der Waals surface area (Å²) in [4.78, 5) is 28.4. The Balaban J connectivity index is 1.80. The Bertz CT molecular complexity index is 1040. The number of carbonyl (C=O) groups is 2. The van der Waals surface area contributed by atoms with Gasteiger partial charge in [0.25, 0.3) is 5.91 Å². The third-order valence-corrected chi connectivity index (χ3v) is 4.08. The van der Waals surface area contributed by atoms with Gasteiger partial charge in [-0.15, -0.1) is 0 Å². The van der Waals surface area contributed by atoms with Gasteiger partial charge in [0.2, 0.25) is 0 Å². The molecule has 0 spiro atoms. The minimum Gasteiger partial charge on any atom is -0.465 e. The molecule has 2 N–H and O–H groups in total. The summed E-state index contributed by atoms with van der Waals surface area (Å²) < 4.78 is 18.0. The first-order chi connectivity index (χ1) is 13.5. The predicted octanol–water partition coefficient (Wildman–Crippen LogP) is 4.66. The van der Waals surface area contributed by atoms with Crippen LogP contribution in [-0.2, 0) is 4.74 Å². The fourth-order valence-corrected chi connectivity index (χ4v) is 2.63. The Hall–Kier alpha value is -3.45. The third-order valence-electron chi connectivity index (χ3n) is 3.79. The number of para-hydroxylation sites is 1. The Labute approximate surface area is 165 Å². The average molecular weight is 400 g/mol. The van der Waals surface area contributed by atoms with Crippen LogP contribution in [0, 0.1) is 5.82 Å². The summed E-state index contributed by atoms with van der Waals surface area (Å²) in [7, 11) is 1.30. The summed E-state index contributed by atoms with van der Waals surface area (Å²) in [6.45, 7) is 0. The molecule has 1 aromatic heterocycles. The van der Waals surface area contributed by atoms with E-state index < -0.39 is 17.7 Å². The van der Waals surface area contributed by atoms with E-state index in [0.29, 0.717) is 22.6 Å². The van der Waals surface area contributed by atoms with Crippen molar-refractivity contribution >= 4 is 40.5 Å². The minimum atomic E-state index is -0.572. The number of carbonyl (C=O) groups excluding carboxylic acids is 2. The Kier molecular flexibility index (Phi) is 5.86. The lowest BCUT2D eigenvalue weighted by molar-refractivity contribution is 0.0601. The van der Waals surface area contributed by atoms with Gasteiger partial charge in [0.05, 0.1) is 40.8 Å². The molecule has 0 unspecified atom stereocenters. The highest BCUT2D eigenvalue weighted by atomic mass is 35.5. The molecule has 0 aliphatic carbocycles. The van der Waals surface area contributed by atoms with Crippen LogP contribution in [0.3, 0.4) is 0 Å². The molecule has 3 rings (SSSR count). The Morgan fingerprint density at radius 2 is 1.86 bits per heavy atom. The van der Waals surface area contributed by atoms with Gasteiger partial charge in [-0.1, -0.05) is 23.7 Å². The number of nitrogens with zero attached hydrogens (tertiary/aromatic N) is 1. The van der Waals surface area contributed by atoms with E-state index in [1.807, 2.05) is 0 Å². The van der Waals surface area contributed by atoms with Crippen LogP contribution in [0.25, 0.3) is 0 Å². The van der Waals surface area contributed by atoms with E-state index in [1.165, 1.54) is 31.6 Å². The molecule has 0 atom stereocenters. The largest absolute Gasteiger partial charge is 0.465 e. The lowest BCUT2D eigenvalue weighted by Gasteiger charge is -2.11. The number of methoxy groups -OCH3 is 1. The van der Waals surface area contributed by atoms with Gasteiger partial charge in [-0.25, -0.2) is 9.18 Å². The summed E-state index contributed by atoms with van der Waals surface area (Å²) >= 11 is 5.72. The molecule has 1 amide bonds. The van der Waals surface area contributed by atoms with E-state index in [-0.39, 0.29) is 10.6 Å². The number of aromatic nitrogens is 1. The van der Waals surface area contributed by atoms with Gasteiger partial charge in [0.1, 0.15) is 5.82 Å². The Morgan fingerprint density at radius 1 is 1.07 bits per heavy atom. The molecule has 6 nitrogen and oxygen atoms in total. The maximum absolute atomic E-state index is 13.2. The third kappa shape index (κ3) is 4.44. The molecule has 2 aromatic carbocycles. The number of pyridine rings is 1. The number of esters is 1. The van der Waals surface area contributed by atoms with Gasteiger partial charge in [-0.05, 0) is 36.4 Å². The SMILES string of the molecule is COC(=O)c1ccccc1Nc1cncc(C(=O)Nc2ccc(F)c(Cl)c2)c1. The van der Waals surface area contributed by atoms with Crippen molar-refractivity contribution in [3.05, 3.63) is 82.9 Å². The van der Waals surface area contributed by atoms with E-state index in [0.717, 1.165) is 6.07 Å². The van der Waals surface area contributed by atoms with Crippen LogP contribution in [0.1, 0.15) is 20.7 Å². The summed E-state index contributed by atoms with van der Waals surface area (Å²) in [6, 6.07) is 12.3. The highest BCUT2D eigenvalue weighted by molar-refractivity contribution is 6.31. The van der Waals surface area contributed by atoms with Gasteiger partial charge in [0.15, 0.2) is 0 Å². The minimum absolute atomic E-state index is 0.0919. The second kappa shape index (κ2) is 8.49. The number of hydrogen-bond acceptors (Lipinski definition) is 5. The van der Waals surface area contributed by atoms with Gasteiger partial charge < -0.3 is 15.4 Å². The van der Waals surface area contributed by atoms with Crippen molar-refractivity contribution in [1.82, 2.24) is 4.98 Å². The van der Waals surface area contributed by atoms with Gasteiger partial charge in [0, 0.05) is 11.9 Å². The molecule has 3 aromatic rings. The number of halogens is 2. The van der Waals surface area contributed by atoms with Crippen LogP contribution >= 0.6 is 11.6 Å². The molecule has 0 radical (unpaired) electrons. The molecular formula is C20H15ClFN3O3. The highest BCUT2D eigenvalue weighted by Crippen LogP contribution is 2.23. The van der Waals surface area contributed by atoms with Crippen molar-refractivity contribution in [2.45, 2.75) is 0 Å². The van der Waals surface area contributed by atoms with Crippen molar-refractivity contribution in [2.24, 2.45) is 0 Å². The number of rotatable bonds is 5. The monoisotopic (exact) mass is 399 g/mol. The molecule has 28 heavy (non-hydrogen) atoms. The maximum Gasteiger partial charge on any atom is 0.339 e. The van der Waals surface area contributed by atoms with Gasteiger partial charge >= 0.3 is 5.97 Å². The molecule has 0 saturated carbocycles. The van der Waals surface area contributed by atoms with E-state index in [9.17, 15) is 14.0 Å². The van der Waals surface area contributed by atoms with Gasteiger partial charge in [-0.2, -0.15) is 0 Å². The molecule has 0 fully saturated rings. The maximum atomic E-state index is 13.2. The van der Waals surface area contributed by atoms with E-state index >= 15 is 0 Å².